The van der Waals surface area contributed by atoms with E-state index in [4.69, 9.17) is 5.11 Å². The molecule has 2 rings (SSSR count). The van der Waals surface area contributed by atoms with E-state index in [9.17, 15) is 0 Å². The molecule has 0 aromatic rings. The lowest BCUT2D eigenvalue weighted by Gasteiger charge is -2.50. The van der Waals surface area contributed by atoms with Gasteiger partial charge < -0.3 is 10.4 Å². The first-order valence-electron chi connectivity index (χ1n) is 5.16. The van der Waals surface area contributed by atoms with E-state index in [-0.39, 0.29) is 12.4 Å². The second-order valence-corrected chi connectivity index (χ2v) is 4.54. The Balaban J connectivity index is 0.000000845. The predicted molar refractivity (Wildman–Crippen MR) is 56.2 cm³/mol. The van der Waals surface area contributed by atoms with Crippen LogP contribution in [0.3, 0.4) is 0 Å². The predicted octanol–water partition coefficient (Wildman–Crippen LogP) is 1.57. The molecule has 1 heterocycles. The van der Waals surface area contributed by atoms with Crippen LogP contribution in [0.15, 0.2) is 0 Å². The largest absolute Gasteiger partial charge is 0.396 e. The van der Waals surface area contributed by atoms with Crippen LogP contribution in [0, 0.1) is 11.3 Å². The second kappa shape index (κ2) is 4.63. The molecule has 2 fully saturated rings. The molecule has 0 unspecified atom stereocenters. The Bertz CT molecular complexity index is 149. The van der Waals surface area contributed by atoms with Gasteiger partial charge in [-0.15, -0.1) is 12.4 Å². The molecule has 1 saturated heterocycles. The third-order valence-corrected chi connectivity index (χ3v) is 3.64. The lowest BCUT2D eigenvalue weighted by molar-refractivity contribution is 0.00964. The van der Waals surface area contributed by atoms with Gasteiger partial charge in [-0.3, -0.25) is 0 Å². The van der Waals surface area contributed by atoms with E-state index in [1.165, 1.54) is 38.8 Å². The highest BCUT2D eigenvalue weighted by Crippen LogP contribution is 2.52. The number of nitrogens with one attached hydrogen (secondary N) is 1. The van der Waals surface area contributed by atoms with Crippen LogP contribution in [0.25, 0.3) is 0 Å². The van der Waals surface area contributed by atoms with Crippen molar-refractivity contribution in [1.29, 1.82) is 0 Å². The molecule has 2 aliphatic rings. The summed E-state index contributed by atoms with van der Waals surface area (Å²) in [5, 5.41) is 12.2. The molecule has 78 valence electrons. The van der Waals surface area contributed by atoms with Crippen molar-refractivity contribution in [2.45, 2.75) is 32.1 Å². The van der Waals surface area contributed by atoms with E-state index in [0.717, 1.165) is 12.3 Å². The number of halogens is 1. The van der Waals surface area contributed by atoms with Crippen molar-refractivity contribution in [3.05, 3.63) is 0 Å². The minimum absolute atomic E-state index is 0. The topological polar surface area (TPSA) is 32.3 Å². The van der Waals surface area contributed by atoms with Crippen LogP contribution in [0.5, 0.6) is 0 Å². The summed E-state index contributed by atoms with van der Waals surface area (Å²) in [6, 6.07) is 0. The van der Waals surface area contributed by atoms with Gasteiger partial charge in [0.25, 0.3) is 0 Å². The Morgan fingerprint density at radius 2 is 1.85 bits per heavy atom. The monoisotopic (exact) mass is 205 g/mol. The van der Waals surface area contributed by atoms with Gasteiger partial charge in [-0.2, -0.15) is 0 Å². The summed E-state index contributed by atoms with van der Waals surface area (Å²) in [4.78, 5) is 0. The highest BCUT2D eigenvalue weighted by atomic mass is 35.5. The molecule has 1 spiro atoms. The number of hydrogen-bond acceptors (Lipinski definition) is 2. The van der Waals surface area contributed by atoms with Crippen molar-refractivity contribution in [2.75, 3.05) is 19.7 Å². The van der Waals surface area contributed by atoms with Crippen molar-refractivity contribution < 1.29 is 5.11 Å². The second-order valence-electron chi connectivity index (χ2n) is 4.54. The van der Waals surface area contributed by atoms with Crippen LogP contribution >= 0.6 is 12.4 Å². The summed E-state index contributed by atoms with van der Waals surface area (Å²) in [6.45, 7) is 2.82. The van der Waals surface area contributed by atoms with Gasteiger partial charge in [-0.1, -0.05) is 0 Å². The standard InChI is InChI=1S/C10H19NO.ClH/c12-6-1-9-7-10(8-9)2-4-11-5-3-10;/h9,11-12H,1-8H2;1H. The van der Waals surface area contributed by atoms with Gasteiger partial charge in [0.2, 0.25) is 0 Å². The third-order valence-electron chi connectivity index (χ3n) is 3.64. The molecule has 1 aliphatic heterocycles. The van der Waals surface area contributed by atoms with Crippen LogP contribution in [-0.2, 0) is 0 Å². The molecular formula is C10H20ClNO. The average Bonchev–Trinajstić information content (AvgIpc) is 2.04. The molecule has 3 heteroatoms. The Morgan fingerprint density at radius 1 is 1.23 bits per heavy atom. The van der Waals surface area contributed by atoms with Crippen molar-refractivity contribution in [2.24, 2.45) is 11.3 Å². The van der Waals surface area contributed by atoms with Crippen molar-refractivity contribution >= 4 is 12.4 Å². The molecule has 1 aliphatic carbocycles. The molecule has 2 nitrogen and oxygen atoms in total. The molecular weight excluding hydrogens is 186 g/mol. The highest BCUT2D eigenvalue weighted by Gasteiger charge is 2.43. The fourth-order valence-electron chi connectivity index (χ4n) is 2.92. The molecule has 13 heavy (non-hydrogen) atoms. The molecule has 0 bridgehead atoms. The number of aliphatic hydroxyl groups excluding tert-OH is 1. The fourth-order valence-corrected chi connectivity index (χ4v) is 2.92. The summed E-state index contributed by atoms with van der Waals surface area (Å²) in [7, 11) is 0. The lowest BCUT2D eigenvalue weighted by atomic mass is 9.57. The maximum absolute atomic E-state index is 8.78. The highest BCUT2D eigenvalue weighted by molar-refractivity contribution is 5.85. The number of aliphatic hydroxyl groups is 1. The molecule has 2 N–H and O–H groups in total. The van der Waals surface area contributed by atoms with Crippen molar-refractivity contribution in [3.8, 4) is 0 Å². The van der Waals surface area contributed by atoms with E-state index >= 15 is 0 Å². The lowest BCUT2D eigenvalue weighted by Crippen LogP contribution is -2.45. The maximum atomic E-state index is 8.78. The SMILES string of the molecule is Cl.OCCC1CC2(CCNCC2)C1. The first-order chi connectivity index (χ1) is 5.85. The molecule has 0 atom stereocenters. The molecule has 0 amide bonds. The van der Waals surface area contributed by atoms with Gasteiger partial charge in [-0.25, -0.2) is 0 Å². The van der Waals surface area contributed by atoms with E-state index in [1.54, 1.807) is 0 Å². The van der Waals surface area contributed by atoms with E-state index in [1.807, 2.05) is 0 Å². The normalized spacial score (nSPS) is 26.5. The Hall–Kier alpha value is 0.210. The van der Waals surface area contributed by atoms with Gasteiger partial charge in [0.05, 0.1) is 0 Å². The van der Waals surface area contributed by atoms with Crippen LogP contribution in [0.1, 0.15) is 32.1 Å². The minimum Gasteiger partial charge on any atom is -0.396 e. The zero-order valence-electron chi connectivity index (χ0n) is 8.09. The van der Waals surface area contributed by atoms with Crippen molar-refractivity contribution in [1.82, 2.24) is 5.32 Å². The number of piperidine rings is 1. The van der Waals surface area contributed by atoms with Crippen LogP contribution in [0.2, 0.25) is 0 Å². The number of hydrogen-bond donors (Lipinski definition) is 2. The molecule has 0 aromatic heterocycles. The average molecular weight is 206 g/mol. The van der Waals surface area contributed by atoms with Crippen LogP contribution < -0.4 is 5.32 Å². The Morgan fingerprint density at radius 3 is 2.38 bits per heavy atom. The summed E-state index contributed by atoms with van der Waals surface area (Å²) < 4.78 is 0. The summed E-state index contributed by atoms with van der Waals surface area (Å²) in [5.74, 6) is 0.841. The summed E-state index contributed by atoms with van der Waals surface area (Å²) in [6.07, 6.45) is 6.55. The van der Waals surface area contributed by atoms with Crippen LogP contribution in [0.4, 0.5) is 0 Å². The minimum atomic E-state index is 0. The summed E-state index contributed by atoms with van der Waals surface area (Å²) >= 11 is 0. The Labute approximate surface area is 86.5 Å². The maximum Gasteiger partial charge on any atom is 0.0433 e. The van der Waals surface area contributed by atoms with Gasteiger partial charge in [0.1, 0.15) is 0 Å². The van der Waals surface area contributed by atoms with Gasteiger partial charge >= 0.3 is 0 Å². The zero-order valence-corrected chi connectivity index (χ0v) is 8.91. The quantitative estimate of drug-likeness (QED) is 0.718. The molecule has 0 aromatic carbocycles. The first-order valence-corrected chi connectivity index (χ1v) is 5.16. The molecule has 1 saturated carbocycles. The number of rotatable bonds is 2. The Kier molecular flexibility index (Phi) is 4.02. The first kappa shape index (κ1) is 11.3. The van der Waals surface area contributed by atoms with Crippen molar-refractivity contribution in [3.63, 3.8) is 0 Å². The summed E-state index contributed by atoms with van der Waals surface area (Å²) in [5.41, 5.74) is 0.699. The van der Waals surface area contributed by atoms with E-state index in [0.29, 0.717) is 12.0 Å². The van der Waals surface area contributed by atoms with Gasteiger partial charge in [0.15, 0.2) is 0 Å². The molecule has 0 radical (unpaired) electrons. The van der Waals surface area contributed by atoms with E-state index < -0.39 is 0 Å². The van der Waals surface area contributed by atoms with E-state index in [2.05, 4.69) is 5.32 Å². The third kappa shape index (κ3) is 2.36. The zero-order chi connectivity index (χ0) is 8.44. The van der Waals surface area contributed by atoms with Gasteiger partial charge in [0, 0.05) is 6.61 Å². The smallest absolute Gasteiger partial charge is 0.0433 e. The van der Waals surface area contributed by atoms with Gasteiger partial charge in [-0.05, 0) is 56.5 Å². The fraction of sp³-hybridized carbons (Fsp3) is 1.00. The van der Waals surface area contributed by atoms with Crippen LogP contribution in [-0.4, -0.2) is 24.8 Å².